The van der Waals surface area contributed by atoms with E-state index in [1.807, 2.05) is 40.2 Å². The molecule has 1 amide bonds. The number of nitrogens with zero attached hydrogens (tertiary/aromatic N) is 2. The van der Waals surface area contributed by atoms with Gasteiger partial charge in [-0.3, -0.25) is 9.20 Å². The highest BCUT2D eigenvalue weighted by molar-refractivity contribution is 7.15. The van der Waals surface area contributed by atoms with E-state index < -0.39 is 0 Å². The zero-order valence-electron chi connectivity index (χ0n) is 14.1. The second-order valence-electron chi connectivity index (χ2n) is 6.11. The highest BCUT2D eigenvalue weighted by Crippen LogP contribution is 2.26. The maximum absolute atomic E-state index is 12.1. The molecule has 0 fully saturated rings. The van der Waals surface area contributed by atoms with Crippen molar-refractivity contribution in [2.45, 2.75) is 20.3 Å². The molecule has 6 heteroatoms. The molecule has 126 valence electrons. The van der Waals surface area contributed by atoms with Crippen LogP contribution in [-0.2, 0) is 11.2 Å². The highest BCUT2D eigenvalue weighted by Gasteiger charge is 2.13. The predicted molar refractivity (Wildman–Crippen MR) is 96.6 cm³/mol. The molecule has 0 unspecified atom stereocenters. The van der Waals surface area contributed by atoms with Gasteiger partial charge in [-0.05, 0) is 18.1 Å². The number of carbonyl (C=O) groups excluding carboxylic acids is 1. The monoisotopic (exact) mass is 343 g/mol. The minimum absolute atomic E-state index is 0.0417. The number of amides is 1. The van der Waals surface area contributed by atoms with E-state index in [1.165, 1.54) is 0 Å². The molecule has 0 aliphatic carbocycles. The molecule has 0 aliphatic rings. The molecule has 2 aromatic heterocycles. The lowest BCUT2D eigenvalue weighted by molar-refractivity contribution is -0.120. The number of aromatic nitrogens is 2. The van der Waals surface area contributed by atoms with E-state index in [2.05, 4.69) is 24.1 Å². The van der Waals surface area contributed by atoms with E-state index in [1.54, 1.807) is 18.4 Å². The largest absolute Gasteiger partial charge is 0.497 e. The third-order valence-electron chi connectivity index (χ3n) is 3.70. The number of imidazole rings is 1. The molecule has 3 aromatic rings. The van der Waals surface area contributed by atoms with Gasteiger partial charge in [0, 0.05) is 29.4 Å². The molecule has 3 rings (SSSR count). The van der Waals surface area contributed by atoms with Crippen LogP contribution in [0.4, 0.5) is 0 Å². The van der Waals surface area contributed by atoms with E-state index in [0.717, 1.165) is 27.7 Å². The third-order valence-corrected chi connectivity index (χ3v) is 4.59. The van der Waals surface area contributed by atoms with Crippen molar-refractivity contribution in [1.29, 1.82) is 0 Å². The quantitative estimate of drug-likeness (QED) is 0.746. The van der Waals surface area contributed by atoms with Crippen LogP contribution in [0.25, 0.3) is 16.2 Å². The van der Waals surface area contributed by atoms with Gasteiger partial charge in [-0.25, -0.2) is 4.98 Å². The van der Waals surface area contributed by atoms with Gasteiger partial charge >= 0.3 is 0 Å². The number of benzene rings is 1. The molecule has 1 aromatic carbocycles. The fourth-order valence-electron chi connectivity index (χ4n) is 2.42. The Bertz CT molecular complexity index is 851. The van der Waals surface area contributed by atoms with E-state index >= 15 is 0 Å². The summed E-state index contributed by atoms with van der Waals surface area (Å²) in [7, 11) is 1.65. The first-order valence-electron chi connectivity index (χ1n) is 7.93. The van der Waals surface area contributed by atoms with Gasteiger partial charge in [0.15, 0.2) is 4.96 Å². The van der Waals surface area contributed by atoms with Crippen LogP contribution >= 0.6 is 11.3 Å². The van der Waals surface area contributed by atoms with Crippen molar-refractivity contribution in [3.8, 4) is 17.0 Å². The van der Waals surface area contributed by atoms with Crippen molar-refractivity contribution in [1.82, 2.24) is 14.7 Å². The van der Waals surface area contributed by atoms with Crippen LogP contribution in [0, 0.1) is 5.92 Å². The average molecular weight is 343 g/mol. The number of carbonyl (C=O) groups is 1. The van der Waals surface area contributed by atoms with E-state index in [9.17, 15) is 4.79 Å². The van der Waals surface area contributed by atoms with Gasteiger partial charge in [0.25, 0.3) is 0 Å². The number of nitrogens with one attached hydrogen (secondary N) is 1. The summed E-state index contributed by atoms with van der Waals surface area (Å²) in [6.45, 7) is 4.86. The molecule has 0 aliphatic heterocycles. The van der Waals surface area contributed by atoms with Crippen molar-refractivity contribution < 1.29 is 9.53 Å². The van der Waals surface area contributed by atoms with Crippen molar-refractivity contribution in [2.75, 3.05) is 13.7 Å². The van der Waals surface area contributed by atoms with Crippen LogP contribution in [0.2, 0.25) is 0 Å². The maximum atomic E-state index is 12.1. The fraction of sp³-hybridized carbons (Fsp3) is 0.333. The summed E-state index contributed by atoms with van der Waals surface area (Å²) in [5, 5.41) is 4.95. The van der Waals surface area contributed by atoms with Crippen molar-refractivity contribution in [2.24, 2.45) is 5.92 Å². The minimum Gasteiger partial charge on any atom is -0.497 e. The summed E-state index contributed by atoms with van der Waals surface area (Å²) in [5.41, 5.74) is 2.84. The standard InChI is InChI=1S/C18H21N3O2S/c1-12(2)9-19-17(22)8-14-11-24-18-20-16(10-21(14)18)13-5-4-6-15(7-13)23-3/h4-7,10-12H,8-9H2,1-3H3,(H,19,22). The summed E-state index contributed by atoms with van der Waals surface area (Å²) >= 11 is 1.55. The molecule has 24 heavy (non-hydrogen) atoms. The molecule has 0 bridgehead atoms. The Morgan fingerprint density at radius 3 is 3.00 bits per heavy atom. The Morgan fingerprint density at radius 1 is 1.42 bits per heavy atom. The number of ether oxygens (including phenoxy) is 1. The first-order valence-corrected chi connectivity index (χ1v) is 8.81. The molecule has 2 heterocycles. The normalized spacial score (nSPS) is 11.2. The Labute approximate surface area is 145 Å². The molecule has 0 spiro atoms. The van der Waals surface area contributed by atoms with E-state index in [-0.39, 0.29) is 5.91 Å². The SMILES string of the molecule is COc1cccc(-c2cn3c(CC(=O)NCC(C)C)csc3n2)c1. The number of thiazole rings is 1. The number of hydrogen-bond donors (Lipinski definition) is 1. The van der Waals surface area contributed by atoms with E-state index in [0.29, 0.717) is 18.9 Å². The zero-order chi connectivity index (χ0) is 17.1. The first-order chi connectivity index (χ1) is 11.6. The fourth-order valence-corrected chi connectivity index (χ4v) is 3.30. The number of methoxy groups -OCH3 is 1. The predicted octanol–water partition coefficient (Wildman–Crippen LogP) is 3.39. The van der Waals surface area contributed by atoms with Gasteiger partial charge < -0.3 is 10.1 Å². The van der Waals surface area contributed by atoms with Crippen molar-refractivity contribution in [3.63, 3.8) is 0 Å². The average Bonchev–Trinajstić information content (AvgIpc) is 3.15. The number of fused-ring (bicyclic) bond motifs is 1. The molecular formula is C18H21N3O2S. The maximum Gasteiger partial charge on any atom is 0.225 e. The Kier molecular flexibility index (Phi) is 4.85. The van der Waals surface area contributed by atoms with Gasteiger partial charge in [-0.2, -0.15) is 0 Å². The summed E-state index contributed by atoms with van der Waals surface area (Å²) < 4.78 is 7.26. The Morgan fingerprint density at radius 2 is 2.25 bits per heavy atom. The van der Waals surface area contributed by atoms with Gasteiger partial charge in [0.2, 0.25) is 5.91 Å². The molecule has 0 radical (unpaired) electrons. The molecule has 0 saturated carbocycles. The van der Waals surface area contributed by atoms with Crippen molar-refractivity contribution in [3.05, 3.63) is 41.5 Å². The van der Waals surface area contributed by atoms with Crippen LogP contribution in [0.3, 0.4) is 0 Å². The summed E-state index contributed by atoms with van der Waals surface area (Å²) in [6, 6.07) is 7.82. The number of rotatable bonds is 6. The number of hydrogen-bond acceptors (Lipinski definition) is 4. The third kappa shape index (κ3) is 3.59. The second kappa shape index (κ2) is 7.05. The molecule has 1 N–H and O–H groups in total. The summed E-state index contributed by atoms with van der Waals surface area (Å²) in [6.07, 6.45) is 2.34. The zero-order valence-corrected chi connectivity index (χ0v) is 14.9. The Balaban J connectivity index is 1.82. The van der Waals surface area contributed by atoms with Crippen molar-refractivity contribution >= 4 is 22.2 Å². The van der Waals surface area contributed by atoms with Crippen LogP contribution in [-0.4, -0.2) is 28.9 Å². The van der Waals surface area contributed by atoms with Crippen LogP contribution in [0.1, 0.15) is 19.5 Å². The minimum atomic E-state index is 0.0417. The summed E-state index contributed by atoms with van der Waals surface area (Å²) in [5.74, 6) is 1.29. The van der Waals surface area contributed by atoms with Crippen LogP contribution < -0.4 is 10.1 Å². The Hall–Kier alpha value is -2.34. The molecule has 5 nitrogen and oxygen atoms in total. The van der Waals surface area contributed by atoms with Crippen LogP contribution in [0.15, 0.2) is 35.8 Å². The lowest BCUT2D eigenvalue weighted by Crippen LogP contribution is -2.28. The molecular weight excluding hydrogens is 322 g/mol. The van der Waals surface area contributed by atoms with Gasteiger partial charge in [-0.15, -0.1) is 11.3 Å². The van der Waals surface area contributed by atoms with E-state index in [4.69, 9.17) is 4.74 Å². The van der Waals surface area contributed by atoms with Crippen LogP contribution in [0.5, 0.6) is 5.75 Å². The highest BCUT2D eigenvalue weighted by atomic mass is 32.1. The van der Waals surface area contributed by atoms with Gasteiger partial charge in [0.05, 0.1) is 19.2 Å². The molecule has 0 saturated heterocycles. The topological polar surface area (TPSA) is 55.6 Å². The lowest BCUT2D eigenvalue weighted by Gasteiger charge is -2.06. The first kappa shape index (κ1) is 16.5. The molecule has 0 atom stereocenters. The van der Waals surface area contributed by atoms with Gasteiger partial charge in [-0.1, -0.05) is 26.0 Å². The van der Waals surface area contributed by atoms with Gasteiger partial charge in [0.1, 0.15) is 5.75 Å². The lowest BCUT2D eigenvalue weighted by atomic mass is 10.1. The second-order valence-corrected chi connectivity index (χ2v) is 6.95. The smallest absolute Gasteiger partial charge is 0.225 e. The summed E-state index contributed by atoms with van der Waals surface area (Å²) in [4.78, 5) is 17.6.